The first kappa shape index (κ1) is 20.3. The maximum atomic E-state index is 6.00. The van der Waals surface area contributed by atoms with E-state index in [-0.39, 0.29) is 12.4 Å². The molecular weight excluding hydrogens is 365 g/mol. The molecule has 0 amide bonds. The van der Waals surface area contributed by atoms with Crippen LogP contribution in [0, 0.1) is 0 Å². The van der Waals surface area contributed by atoms with Gasteiger partial charge in [-0.2, -0.15) is 0 Å². The number of benzene rings is 3. The number of para-hydroxylation sites is 1. The SMILES string of the molecule is Cl.Clc1ccc(COc2ccccc2CNCCc2ccccc2)cc1. The van der Waals surface area contributed by atoms with Gasteiger partial charge in [-0.25, -0.2) is 0 Å². The monoisotopic (exact) mass is 387 g/mol. The van der Waals surface area contributed by atoms with Gasteiger partial charge < -0.3 is 10.1 Å². The Morgan fingerprint density at radius 3 is 2.23 bits per heavy atom. The molecule has 0 aliphatic heterocycles. The van der Waals surface area contributed by atoms with E-state index in [4.69, 9.17) is 16.3 Å². The average Bonchev–Trinajstić information content (AvgIpc) is 2.66. The molecule has 136 valence electrons. The van der Waals surface area contributed by atoms with E-state index in [1.165, 1.54) is 11.1 Å². The van der Waals surface area contributed by atoms with Crippen molar-refractivity contribution < 1.29 is 4.74 Å². The van der Waals surface area contributed by atoms with Crippen LogP contribution in [0.4, 0.5) is 0 Å². The highest BCUT2D eigenvalue weighted by Gasteiger charge is 2.03. The number of ether oxygens (including phenoxy) is 1. The maximum absolute atomic E-state index is 6.00. The topological polar surface area (TPSA) is 21.3 Å². The van der Waals surface area contributed by atoms with Gasteiger partial charge in [0.1, 0.15) is 12.4 Å². The summed E-state index contributed by atoms with van der Waals surface area (Å²) in [6.07, 6.45) is 1.02. The molecule has 3 rings (SSSR count). The minimum atomic E-state index is 0. The van der Waals surface area contributed by atoms with Crippen molar-refractivity contribution in [3.63, 3.8) is 0 Å². The van der Waals surface area contributed by atoms with Crippen LogP contribution < -0.4 is 10.1 Å². The van der Waals surface area contributed by atoms with E-state index >= 15 is 0 Å². The fraction of sp³-hybridized carbons (Fsp3) is 0.182. The zero-order valence-corrected chi connectivity index (χ0v) is 16.1. The molecule has 0 aliphatic rings. The summed E-state index contributed by atoms with van der Waals surface area (Å²) in [6, 6.07) is 26.4. The number of rotatable bonds is 8. The molecule has 26 heavy (non-hydrogen) atoms. The van der Waals surface area contributed by atoms with E-state index in [9.17, 15) is 0 Å². The lowest BCUT2D eigenvalue weighted by molar-refractivity contribution is 0.302. The lowest BCUT2D eigenvalue weighted by Gasteiger charge is -2.12. The first-order valence-electron chi connectivity index (χ1n) is 8.51. The third kappa shape index (κ3) is 6.38. The summed E-state index contributed by atoms with van der Waals surface area (Å²) in [6.45, 7) is 2.28. The molecule has 3 aromatic carbocycles. The fourth-order valence-corrected chi connectivity index (χ4v) is 2.76. The molecule has 0 radical (unpaired) electrons. The molecule has 3 aromatic rings. The van der Waals surface area contributed by atoms with Gasteiger partial charge in [0.05, 0.1) is 0 Å². The smallest absolute Gasteiger partial charge is 0.124 e. The molecule has 0 unspecified atom stereocenters. The Balaban J connectivity index is 0.00000243. The first-order valence-corrected chi connectivity index (χ1v) is 8.89. The normalized spacial score (nSPS) is 10.2. The van der Waals surface area contributed by atoms with E-state index in [1.54, 1.807) is 0 Å². The van der Waals surface area contributed by atoms with Crippen LogP contribution in [0.15, 0.2) is 78.9 Å². The number of nitrogens with one attached hydrogen (secondary N) is 1. The molecular formula is C22H23Cl2NO. The van der Waals surface area contributed by atoms with Gasteiger partial charge in [0.25, 0.3) is 0 Å². The van der Waals surface area contributed by atoms with E-state index in [2.05, 4.69) is 35.6 Å². The number of hydrogen-bond donors (Lipinski definition) is 1. The summed E-state index contributed by atoms with van der Waals surface area (Å²) in [5, 5.41) is 4.24. The molecule has 0 atom stereocenters. The molecule has 2 nitrogen and oxygen atoms in total. The molecule has 0 spiro atoms. The molecule has 4 heteroatoms. The average molecular weight is 388 g/mol. The van der Waals surface area contributed by atoms with Gasteiger partial charge in [-0.05, 0) is 42.3 Å². The summed E-state index contributed by atoms with van der Waals surface area (Å²) in [4.78, 5) is 0. The predicted molar refractivity (Wildman–Crippen MR) is 111 cm³/mol. The Morgan fingerprint density at radius 1 is 0.769 bits per heavy atom. The molecule has 0 aromatic heterocycles. The predicted octanol–water partition coefficient (Wildman–Crippen LogP) is 5.67. The summed E-state index contributed by atoms with van der Waals surface area (Å²) >= 11 is 5.92. The zero-order valence-electron chi connectivity index (χ0n) is 14.5. The minimum Gasteiger partial charge on any atom is -0.489 e. The van der Waals surface area contributed by atoms with Gasteiger partial charge in [-0.3, -0.25) is 0 Å². The van der Waals surface area contributed by atoms with Crippen molar-refractivity contribution in [2.75, 3.05) is 6.54 Å². The minimum absolute atomic E-state index is 0. The Hall–Kier alpha value is -2.00. The molecule has 0 bridgehead atoms. The van der Waals surface area contributed by atoms with Crippen molar-refractivity contribution in [2.45, 2.75) is 19.6 Å². The highest BCUT2D eigenvalue weighted by molar-refractivity contribution is 6.30. The van der Waals surface area contributed by atoms with Crippen LogP contribution >= 0.6 is 24.0 Å². The van der Waals surface area contributed by atoms with Crippen molar-refractivity contribution in [1.29, 1.82) is 0 Å². The van der Waals surface area contributed by atoms with Crippen LogP contribution in [-0.4, -0.2) is 6.54 Å². The molecule has 0 saturated carbocycles. The molecule has 0 heterocycles. The highest BCUT2D eigenvalue weighted by atomic mass is 35.5. The van der Waals surface area contributed by atoms with Crippen LogP contribution in [0.25, 0.3) is 0 Å². The number of hydrogen-bond acceptors (Lipinski definition) is 2. The second-order valence-electron chi connectivity index (χ2n) is 5.94. The third-order valence-electron chi connectivity index (χ3n) is 4.03. The summed E-state index contributed by atoms with van der Waals surface area (Å²) < 4.78 is 6.00. The molecule has 1 N–H and O–H groups in total. The Kier molecular flexibility index (Phi) is 8.49. The largest absolute Gasteiger partial charge is 0.489 e. The summed E-state index contributed by atoms with van der Waals surface area (Å²) in [5.74, 6) is 0.921. The van der Waals surface area contributed by atoms with Crippen LogP contribution in [0.2, 0.25) is 5.02 Å². The van der Waals surface area contributed by atoms with Gasteiger partial charge in [-0.15, -0.1) is 12.4 Å². The molecule has 0 saturated heterocycles. The standard InChI is InChI=1S/C22H22ClNO.ClH/c23-21-12-10-19(11-13-21)17-25-22-9-5-4-8-20(22)16-24-15-14-18-6-2-1-3-7-18;/h1-13,24H,14-17H2;1H. The van der Waals surface area contributed by atoms with Gasteiger partial charge in [0, 0.05) is 17.1 Å². The maximum Gasteiger partial charge on any atom is 0.124 e. The third-order valence-corrected chi connectivity index (χ3v) is 4.28. The lowest BCUT2D eigenvalue weighted by atomic mass is 10.1. The van der Waals surface area contributed by atoms with E-state index in [1.807, 2.05) is 48.5 Å². The first-order chi connectivity index (χ1) is 12.3. The van der Waals surface area contributed by atoms with E-state index in [0.717, 1.165) is 35.8 Å². The van der Waals surface area contributed by atoms with Gasteiger partial charge in [-0.1, -0.05) is 72.3 Å². The second kappa shape index (κ2) is 10.9. The van der Waals surface area contributed by atoms with Gasteiger partial charge in [0.15, 0.2) is 0 Å². The summed E-state index contributed by atoms with van der Waals surface area (Å²) in [7, 11) is 0. The molecule has 0 fully saturated rings. The summed E-state index contributed by atoms with van der Waals surface area (Å²) in [5.41, 5.74) is 3.63. The Bertz CT molecular complexity index is 776. The zero-order chi connectivity index (χ0) is 17.3. The van der Waals surface area contributed by atoms with Crippen molar-refractivity contribution in [3.05, 3.63) is 101 Å². The van der Waals surface area contributed by atoms with Crippen molar-refractivity contribution in [1.82, 2.24) is 5.32 Å². The van der Waals surface area contributed by atoms with Crippen molar-refractivity contribution in [3.8, 4) is 5.75 Å². The van der Waals surface area contributed by atoms with Gasteiger partial charge in [0.2, 0.25) is 0 Å². The van der Waals surface area contributed by atoms with Crippen LogP contribution in [0.1, 0.15) is 16.7 Å². The van der Waals surface area contributed by atoms with Crippen molar-refractivity contribution >= 4 is 24.0 Å². The van der Waals surface area contributed by atoms with Crippen molar-refractivity contribution in [2.24, 2.45) is 0 Å². The number of halogens is 2. The van der Waals surface area contributed by atoms with E-state index in [0.29, 0.717) is 6.61 Å². The lowest BCUT2D eigenvalue weighted by Crippen LogP contribution is -2.17. The van der Waals surface area contributed by atoms with Crippen LogP contribution in [0.3, 0.4) is 0 Å². The van der Waals surface area contributed by atoms with Crippen LogP contribution in [-0.2, 0) is 19.6 Å². The molecule has 0 aliphatic carbocycles. The van der Waals surface area contributed by atoms with Gasteiger partial charge >= 0.3 is 0 Å². The fourth-order valence-electron chi connectivity index (χ4n) is 2.63. The highest BCUT2D eigenvalue weighted by Crippen LogP contribution is 2.20. The Labute approximate surface area is 166 Å². The van der Waals surface area contributed by atoms with E-state index < -0.39 is 0 Å². The van der Waals surface area contributed by atoms with Crippen LogP contribution in [0.5, 0.6) is 5.75 Å². The second-order valence-corrected chi connectivity index (χ2v) is 6.37. The Morgan fingerprint density at radius 2 is 1.46 bits per heavy atom. The quantitative estimate of drug-likeness (QED) is 0.502.